The van der Waals surface area contributed by atoms with Gasteiger partial charge in [0.15, 0.2) is 0 Å². The molecule has 0 saturated heterocycles. The van der Waals surface area contributed by atoms with Gasteiger partial charge >= 0.3 is 0 Å². The van der Waals surface area contributed by atoms with Gasteiger partial charge in [-0.05, 0) is 18.6 Å². The van der Waals surface area contributed by atoms with Crippen LogP contribution in [0, 0.1) is 0 Å². The first kappa shape index (κ1) is 20.7. The summed E-state index contributed by atoms with van der Waals surface area (Å²) in [5, 5.41) is 6.17. The van der Waals surface area contributed by atoms with Gasteiger partial charge in [-0.2, -0.15) is 0 Å². The van der Waals surface area contributed by atoms with E-state index in [0.29, 0.717) is 17.1 Å². The number of hydrogen-bond acceptors (Lipinski definition) is 2. The minimum Gasteiger partial charge on any atom is -0.361 e. The molecule has 1 aromatic carbocycles. The zero-order chi connectivity index (χ0) is 17.3. The number of amides is 1. The Hall–Kier alpha value is -0.350. The predicted octanol–water partition coefficient (Wildman–Crippen LogP) is 5.92. The Bertz CT molecular complexity index is 491. The van der Waals surface area contributed by atoms with Gasteiger partial charge < -0.3 is 10.6 Å². The number of carbonyl (C=O) groups excluding carboxylic acids is 1. The molecule has 0 aromatic heterocycles. The lowest BCUT2D eigenvalue weighted by molar-refractivity contribution is -0.121. The van der Waals surface area contributed by atoms with E-state index in [4.69, 9.17) is 46.4 Å². The number of halogens is 4. The molecular weight excluding hydrogens is 378 g/mol. The van der Waals surface area contributed by atoms with Crippen molar-refractivity contribution in [1.82, 2.24) is 5.32 Å². The summed E-state index contributed by atoms with van der Waals surface area (Å²) in [4.78, 5) is 12.0. The molecule has 7 heteroatoms. The summed E-state index contributed by atoms with van der Waals surface area (Å²) in [7, 11) is 0. The Morgan fingerprint density at radius 1 is 1.13 bits per heavy atom. The highest BCUT2D eigenvalue weighted by molar-refractivity contribution is 6.68. The van der Waals surface area contributed by atoms with Gasteiger partial charge in [-0.1, -0.05) is 91.1 Å². The van der Waals surface area contributed by atoms with Crippen molar-refractivity contribution >= 4 is 58.0 Å². The van der Waals surface area contributed by atoms with Gasteiger partial charge in [-0.15, -0.1) is 0 Å². The molecule has 1 aromatic rings. The maximum absolute atomic E-state index is 12.0. The van der Waals surface area contributed by atoms with Crippen LogP contribution in [0.2, 0.25) is 5.02 Å². The number of nitrogens with one attached hydrogen (secondary N) is 2. The van der Waals surface area contributed by atoms with E-state index in [0.717, 1.165) is 19.3 Å². The second-order valence-corrected chi connectivity index (χ2v) is 8.11. The molecule has 2 N–H and O–H groups in total. The third kappa shape index (κ3) is 8.35. The summed E-state index contributed by atoms with van der Waals surface area (Å²) in [5.41, 5.74) is 0.591. The maximum Gasteiger partial charge on any atom is 0.228 e. The fourth-order valence-corrected chi connectivity index (χ4v) is 2.57. The quantitative estimate of drug-likeness (QED) is 0.307. The van der Waals surface area contributed by atoms with Crippen LogP contribution in [0.25, 0.3) is 0 Å². The van der Waals surface area contributed by atoms with Crippen LogP contribution in [-0.4, -0.2) is 15.9 Å². The summed E-state index contributed by atoms with van der Waals surface area (Å²) >= 11 is 24.0. The van der Waals surface area contributed by atoms with Crippen molar-refractivity contribution in [1.29, 1.82) is 0 Å². The fourth-order valence-electron chi connectivity index (χ4n) is 2.06. The lowest BCUT2D eigenvalue weighted by atomic mass is 10.1. The highest BCUT2D eigenvalue weighted by atomic mass is 35.6. The molecule has 0 saturated carbocycles. The molecule has 130 valence electrons. The Balaban J connectivity index is 2.55. The lowest BCUT2D eigenvalue weighted by Gasteiger charge is -2.27. The minimum absolute atomic E-state index is 0.155. The largest absolute Gasteiger partial charge is 0.361 e. The monoisotopic (exact) mass is 398 g/mol. The third-order valence-electron chi connectivity index (χ3n) is 3.31. The lowest BCUT2D eigenvalue weighted by Crippen LogP contribution is -2.49. The van der Waals surface area contributed by atoms with Gasteiger partial charge in [0, 0.05) is 6.42 Å². The standard InChI is InChI=1S/C16H22Cl4N2O/c1-2-3-4-5-6-11-14(23)22-15(16(18,19)20)21-13-10-8-7-9-12(13)17/h7-10,15,21H,2-6,11H2,1H3,(H,22,23)/t15-/m0/s1. The summed E-state index contributed by atoms with van der Waals surface area (Å²) in [6.07, 6.45) is 4.88. The number of unbranched alkanes of at least 4 members (excludes halogenated alkanes) is 4. The number of rotatable bonds is 9. The van der Waals surface area contributed by atoms with Crippen LogP contribution in [0.5, 0.6) is 0 Å². The van der Waals surface area contributed by atoms with Gasteiger partial charge in [0.2, 0.25) is 9.70 Å². The Labute approximate surface area is 158 Å². The minimum atomic E-state index is -1.70. The van der Waals surface area contributed by atoms with E-state index >= 15 is 0 Å². The van der Waals surface area contributed by atoms with Crippen molar-refractivity contribution in [3.05, 3.63) is 29.3 Å². The summed E-state index contributed by atoms with van der Waals surface area (Å²) in [6, 6.07) is 7.07. The zero-order valence-electron chi connectivity index (χ0n) is 13.0. The maximum atomic E-state index is 12.0. The number of carbonyl (C=O) groups is 1. The van der Waals surface area contributed by atoms with E-state index in [1.54, 1.807) is 24.3 Å². The van der Waals surface area contributed by atoms with E-state index in [2.05, 4.69) is 17.6 Å². The third-order valence-corrected chi connectivity index (χ3v) is 4.30. The second kappa shape index (κ2) is 10.5. The molecule has 0 aliphatic carbocycles. The molecule has 0 bridgehead atoms. The van der Waals surface area contributed by atoms with Crippen LogP contribution >= 0.6 is 46.4 Å². The van der Waals surface area contributed by atoms with E-state index in [-0.39, 0.29) is 5.91 Å². The van der Waals surface area contributed by atoms with Crippen LogP contribution in [0.4, 0.5) is 5.69 Å². The van der Waals surface area contributed by atoms with Crippen LogP contribution in [0.1, 0.15) is 45.4 Å². The van der Waals surface area contributed by atoms with E-state index in [1.807, 2.05) is 0 Å². The molecular formula is C16H22Cl4N2O. The van der Waals surface area contributed by atoms with Crippen molar-refractivity contribution in [3.8, 4) is 0 Å². The molecule has 1 rings (SSSR count). The Morgan fingerprint density at radius 3 is 2.39 bits per heavy atom. The number of alkyl halides is 3. The molecule has 3 nitrogen and oxygen atoms in total. The normalized spacial score (nSPS) is 12.7. The summed E-state index contributed by atoms with van der Waals surface area (Å²) in [6.45, 7) is 2.15. The van der Waals surface area contributed by atoms with Gasteiger partial charge in [-0.3, -0.25) is 4.79 Å². The smallest absolute Gasteiger partial charge is 0.228 e. The molecule has 0 fully saturated rings. The molecule has 1 atom stereocenters. The molecule has 0 aliphatic heterocycles. The number of benzene rings is 1. The van der Waals surface area contributed by atoms with Gasteiger partial charge in [0.1, 0.15) is 6.17 Å². The van der Waals surface area contributed by atoms with Crippen LogP contribution in [-0.2, 0) is 4.79 Å². The molecule has 1 amide bonds. The first-order chi connectivity index (χ1) is 10.8. The summed E-state index contributed by atoms with van der Waals surface area (Å²) < 4.78 is -1.70. The number of hydrogen-bond donors (Lipinski definition) is 2. The highest BCUT2D eigenvalue weighted by Gasteiger charge is 2.34. The first-order valence-corrected chi connectivity index (χ1v) is 9.23. The molecule has 0 heterocycles. The van der Waals surface area contributed by atoms with Crippen molar-refractivity contribution in [2.75, 3.05) is 5.32 Å². The Morgan fingerprint density at radius 2 is 1.78 bits per heavy atom. The predicted molar refractivity (Wildman–Crippen MR) is 101 cm³/mol. The molecule has 23 heavy (non-hydrogen) atoms. The zero-order valence-corrected chi connectivity index (χ0v) is 16.1. The topological polar surface area (TPSA) is 41.1 Å². The van der Waals surface area contributed by atoms with Crippen molar-refractivity contribution in [2.24, 2.45) is 0 Å². The average molecular weight is 400 g/mol. The van der Waals surface area contributed by atoms with Crippen molar-refractivity contribution in [3.63, 3.8) is 0 Å². The number of para-hydroxylation sites is 1. The summed E-state index contributed by atoms with van der Waals surface area (Å²) in [5.74, 6) is -0.155. The van der Waals surface area contributed by atoms with E-state index in [9.17, 15) is 4.79 Å². The fraction of sp³-hybridized carbons (Fsp3) is 0.562. The SMILES string of the molecule is CCCCCCCC(=O)N[C@H](Nc1ccccc1Cl)C(Cl)(Cl)Cl. The van der Waals surface area contributed by atoms with E-state index < -0.39 is 9.96 Å². The Kier molecular flexibility index (Phi) is 9.45. The first-order valence-electron chi connectivity index (χ1n) is 7.71. The average Bonchev–Trinajstić information content (AvgIpc) is 2.47. The molecule has 0 aliphatic rings. The van der Waals surface area contributed by atoms with Gasteiger partial charge in [-0.25, -0.2) is 0 Å². The number of anilines is 1. The van der Waals surface area contributed by atoms with E-state index in [1.165, 1.54) is 12.8 Å². The van der Waals surface area contributed by atoms with Crippen molar-refractivity contribution < 1.29 is 4.79 Å². The van der Waals surface area contributed by atoms with Crippen molar-refractivity contribution in [2.45, 2.75) is 55.4 Å². The van der Waals surface area contributed by atoms with Gasteiger partial charge in [0.05, 0.1) is 10.7 Å². The van der Waals surface area contributed by atoms with Crippen LogP contribution < -0.4 is 10.6 Å². The second-order valence-electron chi connectivity index (χ2n) is 5.33. The molecule has 0 spiro atoms. The molecule has 0 unspecified atom stereocenters. The van der Waals surface area contributed by atoms with Crippen LogP contribution in [0.15, 0.2) is 24.3 Å². The van der Waals surface area contributed by atoms with Gasteiger partial charge in [0.25, 0.3) is 0 Å². The highest BCUT2D eigenvalue weighted by Crippen LogP contribution is 2.32. The molecule has 0 radical (unpaired) electrons. The van der Waals surface area contributed by atoms with Crippen LogP contribution in [0.3, 0.4) is 0 Å².